The van der Waals surface area contributed by atoms with Crippen LogP contribution in [0.1, 0.15) is 63.4 Å². The molecule has 0 aromatic heterocycles. The number of fused-ring (bicyclic) bond motifs is 1. The van der Waals surface area contributed by atoms with Crippen molar-refractivity contribution in [3.63, 3.8) is 0 Å². The zero-order chi connectivity index (χ0) is 15.7. The molecule has 0 saturated heterocycles. The van der Waals surface area contributed by atoms with Crippen LogP contribution in [0.4, 0.5) is 0 Å². The van der Waals surface area contributed by atoms with Crippen molar-refractivity contribution in [3.8, 4) is 0 Å². The van der Waals surface area contributed by atoms with Gasteiger partial charge in [0.25, 0.3) is 0 Å². The molecule has 0 spiro atoms. The maximum Gasteiger partial charge on any atom is 0.0639 e. The average Bonchev–Trinajstić information content (AvgIpc) is 2.55. The third-order valence-electron chi connectivity index (χ3n) is 6.49. The molecule has 24 heavy (non-hydrogen) atoms. The van der Waals surface area contributed by atoms with Gasteiger partial charge in [-0.15, -0.1) is 0 Å². The summed E-state index contributed by atoms with van der Waals surface area (Å²) in [5.41, 5.74) is 1.40. The molecule has 2 aromatic rings. The van der Waals surface area contributed by atoms with Gasteiger partial charge in [-0.3, -0.25) is 0 Å². The molecule has 130 valence electrons. The summed E-state index contributed by atoms with van der Waals surface area (Å²) in [6.45, 7) is 0. The van der Waals surface area contributed by atoms with E-state index in [1.165, 1.54) is 54.9 Å². The Kier molecular flexibility index (Phi) is 5.52. The minimum absolute atomic E-state index is 0. The molecule has 1 nitrogen and oxygen atoms in total. The van der Waals surface area contributed by atoms with Crippen molar-refractivity contribution in [2.45, 2.75) is 69.3 Å². The largest absolute Gasteiger partial charge is 1.00 e. The fourth-order valence-corrected chi connectivity index (χ4v) is 4.84. The van der Waals surface area contributed by atoms with Gasteiger partial charge in [0.15, 0.2) is 0 Å². The second kappa shape index (κ2) is 7.45. The number of halogens is 1. The molecule has 2 heteroatoms. The number of hydrogen-bond donors (Lipinski definition) is 1. The Morgan fingerprint density at radius 1 is 0.917 bits per heavy atom. The maximum atomic E-state index is 11.1. The fourth-order valence-electron chi connectivity index (χ4n) is 4.84. The van der Waals surface area contributed by atoms with Crippen LogP contribution in [0.2, 0.25) is 0 Å². The van der Waals surface area contributed by atoms with Gasteiger partial charge >= 0.3 is 0 Å². The number of rotatable bonds is 4. The molecule has 0 amide bonds. The van der Waals surface area contributed by atoms with E-state index in [0.29, 0.717) is 0 Å². The van der Waals surface area contributed by atoms with E-state index in [9.17, 15) is 5.11 Å². The lowest BCUT2D eigenvalue weighted by molar-refractivity contribution is -0.0000214. The topological polar surface area (TPSA) is 20.2 Å². The normalized spacial score (nSPS) is 21.7. The van der Waals surface area contributed by atoms with Gasteiger partial charge in [-0.1, -0.05) is 81.0 Å². The van der Waals surface area contributed by atoms with Gasteiger partial charge in [-0.05, 0) is 41.5 Å². The van der Waals surface area contributed by atoms with E-state index in [1.807, 2.05) is 0 Å². The smallest absolute Gasteiger partial charge is 0.0639 e. The van der Waals surface area contributed by atoms with Crippen molar-refractivity contribution >= 4 is 10.8 Å². The van der Waals surface area contributed by atoms with E-state index in [0.717, 1.165) is 25.2 Å². The summed E-state index contributed by atoms with van der Waals surface area (Å²) in [6, 6.07) is 15.4. The summed E-state index contributed by atoms with van der Waals surface area (Å²) >= 11 is 0. The molecule has 1 atom stereocenters. The molecule has 2 aliphatic rings. The van der Waals surface area contributed by atoms with E-state index >= 15 is 0 Å². The standard InChI is InChI=1S/C22H28O.ClH/c23-21(15-17-7-2-1-3-8-17)22(13-6-14-22)20-12-11-18-9-4-5-10-19(18)16-20;/h4-5,9-12,16-17,21,23H,1-3,6-8,13-15H2;1H/p-1. The monoisotopic (exact) mass is 343 g/mol. The Hall–Kier alpha value is -1.05. The van der Waals surface area contributed by atoms with Crippen molar-refractivity contribution < 1.29 is 17.5 Å². The van der Waals surface area contributed by atoms with Crippen LogP contribution in [0, 0.1) is 5.92 Å². The SMILES string of the molecule is OC(CC1CCCCC1)C1(c2ccc3ccccc3c2)CCC1.[Cl-]. The van der Waals surface area contributed by atoms with Crippen LogP contribution >= 0.6 is 0 Å². The van der Waals surface area contributed by atoms with E-state index in [1.54, 1.807) is 0 Å². The third-order valence-corrected chi connectivity index (χ3v) is 6.49. The number of benzene rings is 2. The van der Waals surface area contributed by atoms with Crippen LogP contribution in [0.15, 0.2) is 42.5 Å². The lowest BCUT2D eigenvalue weighted by Gasteiger charge is -2.47. The number of hydrogen-bond acceptors (Lipinski definition) is 1. The summed E-state index contributed by atoms with van der Waals surface area (Å²) in [5, 5.41) is 13.7. The Morgan fingerprint density at radius 2 is 1.62 bits per heavy atom. The highest BCUT2D eigenvalue weighted by Crippen LogP contribution is 2.49. The minimum atomic E-state index is -0.166. The maximum absolute atomic E-state index is 11.1. The summed E-state index contributed by atoms with van der Waals surface area (Å²) in [6.07, 6.45) is 11.2. The second-order valence-electron chi connectivity index (χ2n) is 7.83. The molecule has 0 bridgehead atoms. The first-order valence-electron chi connectivity index (χ1n) is 9.45. The molecule has 0 heterocycles. The highest BCUT2D eigenvalue weighted by atomic mass is 35.5. The molecule has 2 aromatic carbocycles. The predicted octanol–water partition coefficient (Wildman–Crippen LogP) is 2.60. The van der Waals surface area contributed by atoms with Gasteiger partial charge in [0, 0.05) is 5.41 Å². The van der Waals surface area contributed by atoms with E-state index in [4.69, 9.17) is 0 Å². The molecule has 4 rings (SSSR count). The van der Waals surface area contributed by atoms with Gasteiger partial charge < -0.3 is 17.5 Å². The zero-order valence-corrected chi connectivity index (χ0v) is 15.1. The first kappa shape index (κ1) is 17.8. The Labute approximate surface area is 151 Å². The predicted molar refractivity (Wildman–Crippen MR) is 96.7 cm³/mol. The van der Waals surface area contributed by atoms with Gasteiger partial charge in [0.05, 0.1) is 6.10 Å². The summed E-state index contributed by atoms with van der Waals surface area (Å²) in [7, 11) is 0. The molecule has 0 radical (unpaired) electrons. The van der Waals surface area contributed by atoms with Gasteiger partial charge in [0.1, 0.15) is 0 Å². The van der Waals surface area contributed by atoms with Crippen molar-refractivity contribution in [3.05, 3.63) is 48.0 Å². The molecule has 2 saturated carbocycles. The van der Waals surface area contributed by atoms with Crippen molar-refractivity contribution in [2.24, 2.45) is 5.92 Å². The van der Waals surface area contributed by atoms with Crippen molar-refractivity contribution in [2.75, 3.05) is 0 Å². The Morgan fingerprint density at radius 3 is 2.29 bits per heavy atom. The number of aliphatic hydroxyl groups excluding tert-OH is 1. The van der Waals surface area contributed by atoms with Gasteiger partial charge in [0.2, 0.25) is 0 Å². The minimum Gasteiger partial charge on any atom is -1.00 e. The fraction of sp³-hybridized carbons (Fsp3) is 0.545. The molecule has 1 N–H and O–H groups in total. The third kappa shape index (κ3) is 3.21. The Balaban J connectivity index is 0.00000169. The van der Waals surface area contributed by atoms with E-state index in [-0.39, 0.29) is 23.9 Å². The quantitative estimate of drug-likeness (QED) is 0.904. The molecule has 1 unspecified atom stereocenters. The molecular weight excluding hydrogens is 316 g/mol. The zero-order valence-electron chi connectivity index (χ0n) is 14.4. The van der Waals surface area contributed by atoms with Crippen LogP contribution in [0.5, 0.6) is 0 Å². The van der Waals surface area contributed by atoms with Crippen LogP contribution in [-0.4, -0.2) is 11.2 Å². The number of aliphatic hydroxyl groups is 1. The second-order valence-corrected chi connectivity index (χ2v) is 7.83. The summed E-state index contributed by atoms with van der Waals surface area (Å²) < 4.78 is 0. The van der Waals surface area contributed by atoms with Crippen molar-refractivity contribution in [1.29, 1.82) is 0 Å². The molecule has 2 aliphatic carbocycles. The van der Waals surface area contributed by atoms with Crippen LogP contribution in [-0.2, 0) is 5.41 Å². The van der Waals surface area contributed by atoms with Gasteiger partial charge in [-0.2, -0.15) is 0 Å². The average molecular weight is 344 g/mol. The highest BCUT2D eigenvalue weighted by molar-refractivity contribution is 5.83. The first-order chi connectivity index (χ1) is 11.3. The first-order valence-corrected chi connectivity index (χ1v) is 9.45. The Bertz CT molecular complexity index is 670. The molecule has 0 aliphatic heterocycles. The van der Waals surface area contributed by atoms with Crippen LogP contribution < -0.4 is 12.4 Å². The van der Waals surface area contributed by atoms with E-state index in [2.05, 4.69) is 42.5 Å². The van der Waals surface area contributed by atoms with E-state index < -0.39 is 0 Å². The summed E-state index contributed by atoms with van der Waals surface area (Å²) in [4.78, 5) is 0. The highest BCUT2D eigenvalue weighted by Gasteiger charge is 2.45. The van der Waals surface area contributed by atoms with Crippen LogP contribution in [0.3, 0.4) is 0 Å². The molecular formula is C22H28ClO-. The molecule has 2 fully saturated rings. The summed E-state index contributed by atoms with van der Waals surface area (Å²) in [5.74, 6) is 0.747. The lowest BCUT2D eigenvalue weighted by Crippen LogP contribution is -3.00. The van der Waals surface area contributed by atoms with Gasteiger partial charge in [-0.25, -0.2) is 0 Å². The lowest BCUT2D eigenvalue weighted by atomic mass is 9.59. The van der Waals surface area contributed by atoms with Crippen molar-refractivity contribution in [1.82, 2.24) is 0 Å². The van der Waals surface area contributed by atoms with Crippen LogP contribution in [0.25, 0.3) is 10.8 Å².